The molecule has 3 atom stereocenters. The lowest BCUT2D eigenvalue weighted by molar-refractivity contribution is 0.116. The van der Waals surface area contributed by atoms with Gasteiger partial charge in [-0.15, -0.1) is 0 Å². The molecule has 0 aromatic carbocycles. The third-order valence-electron chi connectivity index (χ3n) is 8.57. The topological polar surface area (TPSA) is 40.5 Å². The van der Waals surface area contributed by atoms with Crippen LogP contribution in [0.1, 0.15) is 94.9 Å². The minimum absolute atomic E-state index is 0.00771. The Kier molecular flexibility index (Phi) is 14.2. The van der Waals surface area contributed by atoms with E-state index in [4.69, 9.17) is 0 Å². The first kappa shape index (κ1) is 36.3. The Morgan fingerprint density at radius 1 is 0.791 bits per heavy atom. The van der Waals surface area contributed by atoms with Gasteiger partial charge in [0.2, 0.25) is 0 Å². The van der Waals surface area contributed by atoms with Gasteiger partial charge in [-0.25, -0.2) is 0 Å². The number of rotatable bonds is 11. The first-order valence-electron chi connectivity index (χ1n) is 15.9. The first-order chi connectivity index (χ1) is 20.1. The summed E-state index contributed by atoms with van der Waals surface area (Å²) in [5.74, 6) is 0.354. The van der Waals surface area contributed by atoms with E-state index in [1.165, 1.54) is 39.0 Å². The van der Waals surface area contributed by atoms with Crippen molar-refractivity contribution < 1.29 is 10.2 Å². The molecule has 2 aliphatic rings. The van der Waals surface area contributed by atoms with Gasteiger partial charge in [-0.1, -0.05) is 152 Å². The van der Waals surface area contributed by atoms with Crippen LogP contribution in [0.3, 0.4) is 0 Å². The molecule has 0 saturated carbocycles. The first-order valence-corrected chi connectivity index (χ1v) is 15.9. The van der Waals surface area contributed by atoms with Gasteiger partial charge in [0.1, 0.15) is 0 Å². The predicted molar refractivity (Wildman–Crippen MR) is 189 cm³/mol. The Bertz CT molecular complexity index is 1290. The fraction of sp³-hybridized carbons (Fsp3) is 0.463. The van der Waals surface area contributed by atoms with Crippen molar-refractivity contribution in [3.63, 3.8) is 0 Å². The monoisotopic (exact) mass is 582 g/mol. The second-order valence-corrected chi connectivity index (χ2v) is 14.1. The van der Waals surface area contributed by atoms with Gasteiger partial charge in [0.05, 0.1) is 12.2 Å². The van der Waals surface area contributed by atoms with E-state index in [1.807, 2.05) is 6.08 Å². The van der Waals surface area contributed by atoms with Crippen molar-refractivity contribution in [3.8, 4) is 0 Å². The zero-order valence-electron chi connectivity index (χ0n) is 28.6. The number of aliphatic hydroxyl groups is 2. The summed E-state index contributed by atoms with van der Waals surface area (Å²) < 4.78 is 0. The van der Waals surface area contributed by atoms with Crippen LogP contribution in [0.2, 0.25) is 0 Å². The predicted octanol–water partition coefficient (Wildman–Crippen LogP) is 10.8. The van der Waals surface area contributed by atoms with Gasteiger partial charge in [-0.05, 0) is 83.6 Å². The van der Waals surface area contributed by atoms with Crippen LogP contribution in [0.4, 0.5) is 0 Å². The molecule has 0 heterocycles. The maximum absolute atomic E-state index is 10.1. The van der Waals surface area contributed by atoms with Gasteiger partial charge in [0.15, 0.2) is 0 Å². The molecule has 2 rings (SSSR count). The Morgan fingerprint density at radius 2 is 1.37 bits per heavy atom. The van der Waals surface area contributed by atoms with Gasteiger partial charge in [-0.3, -0.25) is 0 Å². The van der Waals surface area contributed by atoms with E-state index in [0.29, 0.717) is 5.92 Å². The molecule has 0 fully saturated rings. The summed E-state index contributed by atoms with van der Waals surface area (Å²) >= 11 is 0. The lowest BCUT2D eigenvalue weighted by Crippen LogP contribution is -2.32. The van der Waals surface area contributed by atoms with E-state index in [0.717, 1.165) is 25.7 Å². The molecular formula is C41H58O2. The molecular weight excluding hydrogens is 524 g/mol. The summed E-state index contributed by atoms with van der Waals surface area (Å²) in [6, 6.07) is 0. The molecule has 0 aliphatic heterocycles. The summed E-state index contributed by atoms with van der Waals surface area (Å²) in [6.07, 6.45) is 35.1. The molecule has 2 aliphatic carbocycles. The molecule has 2 nitrogen and oxygen atoms in total. The summed E-state index contributed by atoms with van der Waals surface area (Å²) in [6.45, 7) is 21.7. The number of hydrogen-bond acceptors (Lipinski definition) is 2. The molecule has 43 heavy (non-hydrogen) atoms. The molecule has 2 heteroatoms. The molecule has 0 radical (unpaired) electrons. The average Bonchev–Trinajstić information content (AvgIpc) is 2.86. The van der Waals surface area contributed by atoms with Crippen molar-refractivity contribution in [1.29, 1.82) is 0 Å². The molecule has 0 saturated heterocycles. The van der Waals surface area contributed by atoms with Crippen LogP contribution < -0.4 is 0 Å². The second-order valence-electron chi connectivity index (χ2n) is 14.1. The van der Waals surface area contributed by atoms with Gasteiger partial charge in [0.25, 0.3) is 0 Å². The summed E-state index contributed by atoms with van der Waals surface area (Å²) in [5.41, 5.74) is 8.90. The Morgan fingerprint density at radius 3 is 2.00 bits per heavy atom. The van der Waals surface area contributed by atoms with Crippen molar-refractivity contribution in [2.75, 3.05) is 0 Å². The second kappa shape index (κ2) is 16.8. The Labute approximate surface area is 263 Å². The van der Waals surface area contributed by atoms with Gasteiger partial charge >= 0.3 is 0 Å². The lowest BCUT2D eigenvalue weighted by atomic mass is 9.68. The SMILES string of the molecule is CC1=C[C@H](O)CC(C)(C)[C@H]1/C=C/C=C(C)/C=C/C=C(/C)C/C=C/C=C(C)/C=C/C=C(C)/C=C/C1=C(C)C[C@@H](O)CC1(C)C. The van der Waals surface area contributed by atoms with Crippen molar-refractivity contribution in [1.82, 2.24) is 0 Å². The summed E-state index contributed by atoms with van der Waals surface area (Å²) in [7, 11) is 0. The minimum Gasteiger partial charge on any atom is -0.393 e. The average molecular weight is 583 g/mol. The maximum Gasteiger partial charge on any atom is 0.0729 e. The molecule has 0 unspecified atom stereocenters. The van der Waals surface area contributed by atoms with Crippen LogP contribution in [0.15, 0.2) is 130 Å². The van der Waals surface area contributed by atoms with Gasteiger partial charge in [0, 0.05) is 5.92 Å². The number of allylic oxidation sites excluding steroid dienone is 20. The molecule has 234 valence electrons. The van der Waals surface area contributed by atoms with Crippen LogP contribution in [-0.2, 0) is 0 Å². The van der Waals surface area contributed by atoms with Crippen molar-refractivity contribution in [3.05, 3.63) is 130 Å². The third kappa shape index (κ3) is 12.7. The van der Waals surface area contributed by atoms with E-state index in [2.05, 4.69) is 154 Å². The molecule has 0 aromatic rings. The zero-order valence-corrected chi connectivity index (χ0v) is 28.6. The highest BCUT2D eigenvalue weighted by Gasteiger charge is 2.34. The highest BCUT2D eigenvalue weighted by Crippen LogP contribution is 2.42. The fourth-order valence-electron chi connectivity index (χ4n) is 6.30. The van der Waals surface area contributed by atoms with Crippen LogP contribution in [0, 0.1) is 16.7 Å². The quantitative estimate of drug-likeness (QED) is 0.188. The molecule has 0 aromatic heterocycles. The van der Waals surface area contributed by atoms with Gasteiger partial charge < -0.3 is 10.2 Å². The van der Waals surface area contributed by atoms with E-state index in [1.54, 1.807) is 0 Å². The van der Waals surface area contributed by atoms with Gasteiger partial charge in [-0.2, -0.15) is 0 Å². The fourth-order valence-corrected chi connectivity index (χ4v) is 6.30. The summed E-state index contributed by atoms with van der Waals surface area (Å²) in [4.78, 5) is 0. The molecule has 0 bridgehead atoms. The Balaban J connectivity index is 1.85. The standard InChI is InChI=1S/C41H58O2/c1-30(18-13-20-32(3)22-15-23-38-34(5)26-36(42)28-40(38,7)8)16-11-12-17-31(2)19-14-21-33(4)24-25-39-35(6)27-37(43)29-41(39,9)10/h11-15,17-26,36-38,42-43H,16,27-29H2,1-10H3/b12-11+,19-14+,20-13+,23-15+,25-24+,30-18-,31-17+,32-22+,33-21+/t36-,37+,38-/m0/s1. The summed E-state index contributed by atoms with van der Waals surface area (Å²) in [5, 5.41) is 20.2. The normalized spacial score (nSPS) is 26.2. The van der Waals surface area contributed by atoms with Crippen LogP contribution in [-0.4, -0.2) is 22.4 Å². The Hall–Kier alpha value is -2.94. The van der Waals surface area contributed by atoms with E-state index in [9.17, 15) is 10.2 Å². The van der Waals surface area contributed by atoms with Crippen molar-refractivity contribution >= 4 is 0 Å². The lowest BCUT2D eigenvalue weighted by Gasteiger charge is -2.38. The van der Waals surface area contributed by atoms with Crippen LogP contribution in [0.25, 0.3) is 0 Å². The zero-order chi connectivity index (χ0) is 32.2. The highest BCUT2D eigenvalue weighted by molar-refractivity contribution is 5.38. The minimum atomic E-state index is -0.327. The largest absolute Gasteiger partial charge is 0.393 e. The van der Waals surface area contributed by atoms with Crippen molar-refractivity contribution in [2.45, 2.75) is 107 Å². The maximum atomic E-state index is 10.1. The third-order valence-corrected chi connectivity index (χ3v) is 8.57. The highest BCUT2D eigenvalue weighted by atomic mass is 16.3. The van der Waals surface area contributed by atoms with E-state index >= 15 is 0 Å². The van der Waals surface area contributed by atoms with E-state index in [-0.39, 0.29) is 23.0 Å². The number of aliphatic hydroxyl groups excluding tert-OH is 2. The van der Waals surface area contributed by atoms with Crippen LogP contribution >= 0.6 is 0 Å². The van der Waals surface area contributed by atoms with E-state index < -0.39 is 0 Å². The molecule has 0 spiro atoms. The van der Waals surface area contributed by atoms with Crippen molar-refractivity contribution in [2.24, 2.45) is 16.7 Å². The van der Waals surface area contributed by atoms with Crippen LogP contribution in [0.5, 0.6) is 0 Å². The smallest absolute Gasteiger partial charge is 0.0729 e. The number of hydrogen-bond donors (Lipinski definition) is 2. The molecule has 0 amide bonds. The molecule has 2 N–H and O–H groups in total.